The quantitative estimate of drug-likeness (QED) is 0.828. The van der Waals surface area contributed by atoms with Gasteiger partial charge in [-0.15, -0.1) is 0 Å². The van der Waals surface area contributed by atoms with Gasteiger partial charge in [0.05, 0.1) is 5.69 Å². The van der Waals surface area contributed by atoms with Crippen LogP contribution >= 0.6 is 0 Å². The summed E-state index contributed by atoms with van der Waals surface area (Å²) in [6.07, 6.45) is 4.24. The summed E-state index contributed by atoms with van der Waals surface area (Å²) >= 11 is 0. The highest BCUT2D eigenvalue weighted by molar-refractivity contribution is 5.38. The standard InChI is InChI=1S/C12H20N4/c1-12(2)5-4-9-8-14-11(15-10(9)12)16(3)7-6-13/h8H,4-7,13H2,1-3H3. The Morgan fingerprint density at radius 2 is 2.25 bits per heavy atom. The molecular weight excluding hydrogens is 200 g/mol. The van der Waals surface area contributed by atoms with Crippen LogP contribution < -0.4 is 10.6 Å². The molecule has 0 aliphatic heterocycles. The number of nitrogens with two attached hydrogens (primary N) is 1. The lowest BCUT2D eigenvalue weighted by molar-refractivity contribution is 0.509. The molecule has 1 aromatic rings. The van der Waals surface area contributed by atoms with E-state index in [4.69, 9.17) is 5.73 Å². The van der Waals surface area contributed by atoms with Gasteiger partial charge in [0.15, 0.2) is 0 Å². The zero-order chi connectivity index (χ0) is 11.8. The molecule has 0 bridgehead atoms. The van der Waals surface area contributed by atoms with Gasteiger partial charge in [-0.2, -0.15) is 0 Å². The topological polar surface area (TPSA) is 55.0 Å². The van der Waals surface area contributed by atoms with Crippen molar-refractivity contribution in [3.63, 3.8) is 0 Å². The average Bonchev–Trinajstić information content (AvgIpc) is 2.55. The number of hydrogen-bond donors (Lipinski definition) is 1. The number of fused-ring (bicyclic) bond motifs is 1. The smallest absolute Gasteiger partial charge is 0.225 e. The van der Waals surface area contributed by atoms with E-state index in [1.807, 2.05) is 18.1 Å². The first-order chi connectivity index (χ1) is 7.54. The van der Waals surface area contributed by atoms with Gasteiger partial charge < -0.3 is 10.6 Å². The lowest BCUT2D eigenvalue weighted by atomic mass is 9.91. The number of aryl methyl sites for hydroxylation is 1. The van der Waals surface area contributed by atoms with Crippen molar-refractivity contribution in [2.24, 2.45) is 5.73 Å². The summed E-state index contributed by atoms with van der Waals surface area (Å²) in [4.78, 5) is 11.1. The van der Waals surface area contributed by atoms with E-state index in [0.717, 1.165) is 18.9 Å². The second-order valence-corrected chi connectivity index (χ2v) is 5.14. The molecule has 0 saturated carbocycles. The molecule has 0 atom stereocenters. The maximum atomic E-state index is 5.54. The van der Waals surface area contributed by atoms with Crippen molar-refractivity contribution in [2.45, 2.75) is 32.1 Å². The highest BCUT2D eigenvalue weighted by Gasteiger charge is 2.32. The fourth-order valence-electron chi connectivity index (χ4n) is 2.21. The maximum Gasteiger partial charge on any atom is 0.225 e. The molecule has 0 radical (unpaired) electrons. The Labute approximate surface area is 96.9 Å². The van der Waals surface area contributed by atoms with E-state index >= 15 is 0 Å². The van der Waals surface area contributed by atoms with Crippen molar-refractivity contribution in [1.29, 1.82) is 0 Å². The van der Waals surface area contributed by atoms with Crippen molar-refractivity contribution in [3.8, 4) is 0 Å². The Morgan fingerprint density at radius 3 is 2.94 bits per heavy atom. The number of hydrogen-bond acceptors (Lipinski definition) is 4. The molecule has 2 N–H and O–H groups in total. The van der Waals surface area contributed by atoms with Crippen LogP contribution in [0.5, 0.6) is 0 Å². The van der Waals surface area contributed by atoms with Gasteiger partial charge in [-0.25, -0.2) is 9.97 Å². The van der Waals surface area contributed by atoms with Crippen LogP contribution in [0.25, 0.3) is 0 Å². The third kappa shape index (κ3) is 1.89. The summed E-state index contributed by atoms with van der Waals surface area (Å²) in [7, 11) is 1.98. The minimum Gasteiger partial charge on any atom is -0.343 e. The molecule has 1 aliphatic carbocycles. The molecule has 0 aromatic carbocycles. The molecule has 0 saturated heterocycles. The van der Waals surface area contributed by atoms with Crippen LogP contribution in [0.2, 0.25) is 0 Å². The van der Waals surface area contributed by atoms with Crippen molar-refractivity contribution in [2.75, 3.05) is 25.0 Å². The molecule has 4 nitrogen and oxygen atoms in total. The van der Waals surface area contributed by atoms with Crippen LogP contribution in [-0.2, 0) is 11.8 Å². The van der Waals surface area contributed by atoms with E-state index in [-0.39, 0.29) is 5.41 Å². The Hall–Kier alpha value is -1.16. The van der Waals surface area contributed by atoms with Crippen molar-refractivity contribution in [1.82, 2.24) is 9.97 Å². The predicted molar refractivity (Wildman–Crippen MR) is 65.7 cm³/mol. The number of rotatable bonds is 3. The van der Waals surface area contributed by atoms with E-state index in [0.29, 0.717) is 6.54 Å². The Kier molecular flexibility index (Phi) is 2.84. The van der Waals surface area contributed by atoms with E-state index in [2.05, 4.69) is 23.8 Å². The van der Waals surface area contributed by atoms with Gasteiger partial charge in [0.2, 0.25) is 5.95 Å². The highest BCUT2D eigenvalue weighted by atomic mass is 15.2. The number of likely N-dealkylation sites (N-methyl/N-ethyl adjacent to an activating group) is 1. The molecule has 88 valence electrons. The van der Waals surface area contributed by atoms with Crippen LogP contribution in [0.3, 0.4) is 0 Å². The Bertz CT molecular complexity index is 387. The molecule has 0 amide bonds. The normalized spacial score (nSPS) is 17.2. The molecule has 1 aromatic heterocycles. The number of nitrogens with zero attached hydrogens (tertiary/aromatic N) is 3. The van der Waals surface area contributed by atoms with Gasteiger partial charge >= 0.3 is 0 Å². The van der Waals surface area contributed by atoms with Crippen LogP contribution in [0.4, 0.5) is 5.95 Å². The lowest BCUT2D eigenvalue weighted by Crippen LogP contribution is -2.27. The van der Waals surface area contributed by atoms with Gasteiger partial charge in [0.1, 0.15) is 0 Å². The summed E-state index contributed by atoms with van der Waals surface area (Å²) in [5.74, 6) is 0.791. The van der Waals surface area contributed by atoms with Crippen LogP contribution in [-0.4, -0.2) is 30.1 Å². The molecule has 1 aliphatic rings. The first kappa shape index (κ1) is 11.3. The minimum absolute atomic E-state index is 0.191. The van der Waals surface area contributed by atoms with Crippen molar-refractivity contribution in [3.05, 3.63) is 17.5 Å². The Balaban J connectivity index is 2.32. The second kappa shape index (κ2) is 4.01. The minimum atomic E-state index is 0.191. The molecule has 1 heterocycles. The van der Waals surface area contributed by atoms with Gasteiger partial charge in [0, 0.05) is 31.7 Å². The fraction of sp³-hybridized carbons (Fsp3) is 0.667. The summed E-state index contributed by atoms with van der Waals surface area (Å²) in [5, 5.41) is 0. The summed E-state index contributed by atoms with van der Waals surface area (Å²) < 4.78 is 0. The summed E-state index contributed by atoms with van der Waals surface area (Å²) in [5.41, 5.74) is 8.24. The first-order valence-electron chi connectivity index (χ1n) is 5.82. The van der Waals surface area contributed by atoms with Gasteiger partial charge in [0.25, 0.3) is 0 Å². The van der Waals surface area contributed by atoms with Crippen molar-refractivity contribution >= 4 is 5.95 Å². The molecule has 16 heavy (non-hydrogen) atoms. The van der Waals surface area contributed by atoms with Gasteiger partial charge in [-0.1, -0.05) is 13.8 Å². The van der Waals surface area contributed by atoms with Crippen LogP contribution in [0.1, 0.15) is 31.5 Å². The summed E-state index contributed by atoms with van der Waals surface area (Å²) in [6.45, 7) is 5.91. The van der Waals surface area contributed by atoms with Crippen LogP contribution in [0, 0.1) is 0 Å². The average molecular weight is 220 g/mol. The van der Waals surface area contributed by atoms with Gasteiger partial charge in [-0.3, -0.25) is 0 Å². The molecule has 0 fully saturated rings. The molecule has 2 rings (SSSR count). The predicted octanol–water partition coefficient (Wildman–Crippen LogP) is 1.10. The third-order valence-corrected chi connectivity index (χ3v) is 3.32. The molecule has 0 unspecified atom stereocenters. The third-order valence-electron chi connectivity index (χ3n) is 3.32. The molecule has 4 heteroatoms. The van der Waals surface area contributed by atoms with Crippen LogP contribution in [0.15, 0.2) is 6.20 Å². The zero-order valence-corrected chi connectivity index (χ0v) is 10.3. The maximum absolute atomic E-state index is 5.54. The van der Waals surface area contributed by atoms with E-state index in [1.165, 1.54) is 17.7 Å². The van der Waals surface area contributed by atoms with Gasteiger partial charge in [-0.05, 0) is 18.4 Å². The monoisotopic (exact) mass is 220 g/mol. The largest absolute Gasteiger partial charge is 0.343 e. The SMILES string of the molecule is CN(CCN)c1ncc2c(n1)C(C)(C)CC2. The number of anilines is 1. The fourth-order valence-corrected chi connectivity index (χ4v) is 2.21. The van der Waals surface area contributed by atoms with E-state index in [1.54, 1.807) is 0 Å². The zero-order valence-electron chi connectivity index (χ0n) is 10.3. The van der Waals surface area contributed by atoms with Crippen molar-refractivity contribution < 1.29 is 0 Å². The first-order valence-corrected chi connectivity index (χ1v) is 5.82. The molecular formula is C12H20N4. The highest BCUT2D eigenvalue weighted by Crippen LogP contribution is 2.36. The molecule has 0 spiro atoms. The van der Waals surface area contributed by atoms with E-state index in [9.17, 15) is 0 Å². The number of aromatic nitrogens is 2. The Morgan fingerprint density at radius 1 is 1.50 bits per heavy atom. The van der Waals surface area contributed by atoms with E-state index < -0.39 is 0 Å². The second-order valence-electron chi connectivity index (χ2n) is 5.14. The lowest BCUT2D eigenvalue weighted by Gasteiger charge is -2.21. The summed E-state index contributed by atoms with van der Waals surface area (Å²) in [6, 6.07) is 0.